The number of nitrogens with one attached hydrogen (secondary N) is 1. The van der Waals surface area contributed by atoms with Crippen LogP contribution in [0.4, 0.5) is 9.18 Å². The molecule has 2 amide bonds. The molecule has 3 atom stereocenters. The summed E-state index contributed by atoms with van der Waals surface area (Å²) in [6.45, 7) is 10.1. The molecule has 0 radical (unpaired) electrons. The Bertz CT molecular complexity index is 848. The molecule has 1 aliphatic carbocycles. The first-order valence-corrected chi connectivity index (χ1v) is 11.3. The number of amides is 2. The van der Waals surface area contributed by atoms with Crippen LogP contribution in [-0.4, -0.2) is 64.9 Å². The highest BCUT2D eigenvalue weighted by molar-refractivity contribution is 5.91. The fraction of sp³-hybridized carbons (Fsp3) is 0.625. The topological polar surface area (TPSA) is 79.0 Å². The van der Waals surface area contributed by atoms with E-state index >= 15 is 0 Å². The van der Waals surface area contributed by atoms with Crippen LogP contribution in [-0.2, 0) is 14.3 Å². The first-order valence-electron chi connectivity index (χ1n) is 11.3. The van der Waals surface area contributed by atoms with Gasteiger partial charge in [0.25, 0.3) is 0 Å². The van der Waals surface area contributed by atoms with Gasteiger partial charge in [-0.15, -0.1) is 0 Å². The zero-order valence-corrected chi connectivity index (χ0v) is 19.6. The minimum Gasteiger partial charge on any atom is -0.444 e. The van der Waals surface area contributed by atoms with E-state index in [1.54, 1.807) is 17.0 Å². The van der Waals surface area contributed by atoms with Gasteiger partial charge in [0.1, 0.15) is 11.4 Å². The van der Waals surface area contributed by atoms with E-state index in [0.29, 0.717) is 18.7 Å². The smallest absolute Gasteiger partial charge is 0.410 e. The summed E-state index contributed by atoms with van der Waals surface area (Å²) >= 11 is 0. The van der Waals surface area contributed by atoms with Crippen molar-refractivity contribution in [1.29, 1.82) is 0 Å². The summed E-state index contributed by atoms with van der Waals surface area (Å²) in [6.07, 6.45) is 1.35. The van der Waals surface area contributed by atoms with E-state index in [1.807, 2.05) is 39.5 Å². The Balaban J connectivity index is 1.78. The second-order valence-corrected chi connectivity index (χ2v) is 9.94. The SMILES string of the molecule is C[C@@H]1CN(C(=O)OC(C)(C)C)[C@@H](C)CN1C(C(=O)CNC(=O)C1CC1)c1ccc(F)cc1. The lowest BCUT2D eigenvalue weighted by molar-refractivity contribution is -0.130. The average Bonchev–Trinajstić information content (AvgIpc) is 3.54. The fourth-order valence-corrected chi connectivity index (χ4v) is 4.06. The highest BCUT2D eigenvalue weighted by Gasteiger charge is 2.40. The van der Waals surface area contributed by atoms with Gasteiger partial charge in [0.15, 0.2) is 5.78 Å². The monoisotopic (exact) mass is 447 g/mol. The number of piperazine rings is 1. The Morgan fingerprint density at radius 1 is 1.09 bits per heavy atom. The second kappa shape index (κ2) is 9.57. The lowest BCUT2D eigenvalue weighted by atomic mass is 9.96. The molecule has 1 aliphatic heterocycles. The summed E-state index contributed by atoms with van der Waals surface area (Å²) in [5.74, 6) is -0.607. The molecule has 8 heteroatoms. The lowest BCUT2D eigenvalue weighted by Crippen LogP contribution is -2.60. The molecule has 0 bridgehead atoms. The van der Waals surface area contributed by atoms with Crippen molar-refractivity contribution in [2.24, 2.45) is 5.92 Å². The van der Waals surface area contributed by atoms with E-state index in [4.69, 9.17) is 4.74 Å². The van der Waals surface area contributed by atoms with Gasteiger partial charge in [0.2, 0.25) is 5.91 Å². The van der Waals surface area contributed by atoms with Crippen LogP contribution in [0.3, 0.4) is 0 Å². The normalized spacial score (nSPS) is 22.9. The number of ketones is 1. The Morgan fingerprint density at radius 3 is 2.28 bits per heavy atom. The van der Waals surface area contributed by atoms with Crippen LogP contribution >= 0.6 is 0 Å². The first kappa shape index (κ1) is 24.2. The molecule has 1 unspecified atom stereocenters. The van der Waals surface area contributed by atoms with E-state index in [0.717, 1.165) is 12.8 Å². The van der Waals surface area contributed by atoms with Crippen LogP contribution in [0.1, 0.15) is 59.1 Å². The molecule has 1 N–H and O–H groups in total. The first-order chi connectivity index (χ1) is 15.0. The van der Waals surface area contributed by atoms with Crippen molar-refractivity contribution in [1.82, 2.24) is 15.1 Å². The van der Waals surface area contributed by atoms with Crippen LogP contribution in [0, 0.1) is 11.7 Å². The van der Waals surface area contributed by atoms with E-state index in [-0.39, 0.29) is 48.1 Å². The Hall–Kier alpha value is -2.48. The van der Waals surface area contributed by atoms with E-state index in [1.165, 1.54) is 12.1 Å². The molecule has 2 fully saturated rings. The van der Waals surface area contributed by atoms with Crippen LogP contribution in [0.2, 0.25) is 0 Å². The maximum atomic E-state index is 13.5. The molecule has 1 heterocycles. The average molecular weight is 448 g/mol. The molecule has 1 aromatic rings. The molecule has 0 aromatic heterocycles. The van der Waals surface area contributed by atoms with Gasteiger partial charge < -0.3 is 15.0 Å². The highest BCUT2D eigenvalue weighted by atomic mass is 19.1. The largest absolute Gasteiger partial charge is 0.444 e. The van der Waals surface area contributed by atoms with Crippen molar-refractivity contribution in [2.45, 2.75) is 71.2 Å². The number of halogens is 1. The van der Waals surface area contributed by atoms with Gasteiger partial charge in [-0.05, 0) is 65.2 Å². The Labute approximate surface area is 189 Å². The predicted molar refractivity (Wildman–Crippen MR) is 118 cm³/mol. The minimum absolute atomic E-state index is 0.0170. The van der Waals surface area contributed by atoms with Crippen molar-refractivity contribution < 1.29 is 23.5 Å². The van der Waals surface area contributed by atoms with Crippen LogP contribution in [0.25, 0.3) is 0 Å². The number of nitrogens with zero attached hydrogens (tertiary/aromatic N) is 2. The van der Waals surface area contributed by atoms with Crippen molar-refractivity contribution in [3.05, 3.63) is 35.6 Å². The highest BCUT2D eigenvalue weighted by Crippen LogP contribution is 2.31. The van der Waals surface area contributed by atoms with E-state index in [9.17, 15) is 18.8 Å². The molecule has 3 rings (SSSR count). The third-order valence-electron chi connectivity index (χ3n) is 5.87. The molecule has 2 aliphatic rings. The minimum atomic E-state index is -0.645. The third kappa shape index (κ3) is 6.06. The van der Waals surface area contributed by atoms with Gasteiger partial charge in [-0.1, -0.05) is 12.1 Å². The summed E-state index contributed by atoms with van der Waals surface area (Å²) in [4.78, 5) is 41.7. The molecular weight excluding hydrogens is 413 g/mol. The number of benzene rings is 1. The van der Waals surface area contributed by atoms with Gasteiger partial charge in [0, 0.05) is 31.1 Å². The molecule has 7 nitrogen and oxygen atoms in total. The van der Waals surface area contributed by atoms with Gasteiger partial charge in [-0.25, -0.2) is 9.18 Å². The molecular formula is C24H34FN3O4. The number of rotatable bonds is 6. The summed E-state index contributed by atoms with van der Waals surface area (Å²) in [5, 5.41) is 2.75. The summed E-state index contributed by atoms with van der Waals surface area (Å²) < 4.78 is 19.1. The molecule has 1 aromatic carbocycles. The van der Waals surface area contributed by atoms with Crippen molar-refractivity contribution >= 4 is 17.8 Å². The number of carbonyl (C=O) groups is 3. The van der Waals surface area contributed by atoms with Crippen LogP contribution in [0.5, 0.6) is 0 Å². The zero-order chi connectivity index (χ0) is 23.6. The number of hydrogen-bond acceptors (Lipinski definition) is 5. The number of hydrogen-bond donors (Lipinski definition) is 1. The third-order valence-corrected chi connectivity index (χ3v) is 5.87. The van der Waals surface area contributed by atoms with Crippen molar-refractivity contribution in [3.8, 4) is 0 Å². The van der Waals surface area contributed by atoms with Crippen LogP contribution in [0.15, 0.2) is 24.3 Å². The maximum absolute atomic E-state index is 13.5. The van der Waals surface area contributed by atoms with E-state index < -0.39 is 11.6 Å². The van der Waals surface area contributed by atoms with Crippen molar-refractivity contribution in [3.63, 3.8) is 0 Å². The zero-order valence-electron chi connectivity index (χ0n) is 19.6. The van der Waals surface area contributed by atoms with Gasteiger partial charge in [-0.2, -0.15) is 0 Å². The van der Waals surface area contributed by atoms with Crippen molar-refractivity contribution in [2.75, 3.05) is 19.6 Å². The Kier molecular flexibility index (Phi) is 7.22. The van der Waals surface area contributed by atoms with Gasteiger partial charge >= 0.3 is 6.09 Å². The molecule has 176 valence electrons. The molecule has 1 saturated heterocycles. The Morgan fingerprint density at radius 2 is 1.72 bits per heavy atom. The molecule has 1 saturated carbocycles. The lowest BCUT2D eigenvalue weighted by Gasteiger charge is -2.47. The molecule has 0 spiro atoms. The summed E-state index contributed by atoms with van der Waals surface area (Å²) in [6, 6.07) is 4.92. The van der Waals surface area contributed by atoms with E-state index in [2.05, 4.69) is 5.32 Å². The fourth-order valence-electron chi connectivity index (χ4n) is 4.06. The number of Topliss-reactive ketones (excluding diaryl/α,β-unsaturated/α-hetero) is 1. The van der Waals surface area contributed by atoms with Gasteiger partial charge in [-0.3, -0.25) is 14.5 Å². The quantitative estimate of drug-likeness (QED) is 0.724. The standard InChI is InChI=1S/C24H34FN3O4/c1-15-14-28(23(31)32-24(3,4)5)16(2)13-27(15)21(17-8-10-19(25)11-9-17)20(29)12-26-22(30)18-6-7-18/h8-11,15-16,18,21H,6-7,12-14H2,1-5H3,(H,26,30)/t15-,16+,21?/m1/s1. The second-order valence-electron chi connectivity index (χ2n) is 9.94. The maximum Gasteiger partial charge on any atom is 0.410 e. The summed E-state index contributed by atoms with van der Waals surface area (Å²) in [7, 11) is 0. The summed E-state index contributed by atoms with van der Waals surface area (Å²) in [5.41, 5.74) is 0.0747. The number of carbonyl (C=O) groups excluding carboxylic acids is 3. The van der Waals surface area contributed by atoms with Gasteiger partial charge in [0.05, 0.1) is 12.6 Å². The predicted octanol–water partition coefficient (Wildman–Crippen LogP) is 3.29. The van der Waals surface area contributed by atoms with Crippen LogP contribution < -0.4 is 5.32 Å². The molecule has 32 heavy (non-hydrogen) atoms. The number of ether oxygens (including phenoxy) is 1.